The number of carbonyl (C=O) groups is 2. The van der Waals surface area contributed by atoms with E-state index in [1.165, 1.54) is 7.11 Å². The van der Waals surface area contributed by atoms with Crippen molar-refractivity contribution in [1.29, 1.82) is 0 Å². The molecule has 0 heterocycles. The molecule has 1 N–H and O–H groups in total. The highest BCUT2D eigenvalue weighted by atomic mass is 79.9. The van der Waals surface area contributed by atoms with Crippen molar-refractivity contribution in [1.82, 2.24) is 5.32 Å². The lowest BCUT2D eigenvalue weighted by molar-refractivity contribution is -0.116. The molecule has 0 saturated carbocycles. The minimum atomic E-state index is -0.766. The number of halogens is 1. The zero-order chi connectivity index (χ0) is 9.72. The van der Waals surface area contributed by atoms with Crippen LogP contribution in [0, 0.1) is 0 Å². The lowest BCUT2D eigenvalue weighted by Crippen LogP contribution is -2.30. The first-order valence-electron chi connectivity index (χ1n) is 3.21. The van der Waals surface area contributed by atoms with E-state index in [2.05, 4.69) is 20.7 Å². The molecule has 2 amide bonds. The normalized spacial score (nSPS) is 8.67. The fraction of sp³-hybridized carbons (Fsp3) is 0.429. The molecule has 4 nitrogen and oxygen atoms in total. The number of carbonyl (C=O) groups excluding carboxylic acids is 2. The van der Waals surface area contributed by atoms with Crippen molar-refractivity contribution in [2.45, 2.75) is 13.8 Å². The van der Waals surface area contributed by atoms with Crippen molar-refractivity contribution in [2.75, 3.05) is 7.11 Å². The maximum absolute atomic E-state index is 11.0. The zero-order valence-electron chi connectivity index (χ0n) is 7.10. The molecule has 12 heavy (non-hydrogen) atoms. The van der Waals surface area contributed by atoms with Crippen molar-refractivity contribution in [2.24, 2.45) is 0 Å². The summed E-state index contributed by atoms with van der Waals surface area (Å²) in [5.74, 6) is -0.498. The van der Waals surface area contributed by atoms with Crippen LogP contribution in [0.25, 0.3) is 0 Å². The third kappa shape index (κ3) is 3.52. The van der Waals surface area contributed by atoms with Gasteiger partial charge in [0.15, 0.2) is 0 Å². The highest BCUT2D eigenvalue weighted by Gasteiger charge is 2.11. The van der Waals surface area contributed by atoms with E-state index in [-0.39, 0.29) is 0 Å². The number of alkyl carbamates (subject to hydrolysis) is 1. The first kappa shape index (κ1) is 11.2. The summed E-state index contributed by atoms with van der Waals surface area (Å²) in [7, 11) is 1.19. The minimum Gasteiger partial charge on any atom is -0.453 e. The second-order valence-corrected chi connectivity index (χ2v) is 3.05. The fourth-order valence-corrected chi connectivity index (χ4v) is 0.525. The van der Waals surface area contributed by atoms with Gasteiger partial charge in [0.1, 0.15) is 0 Å². The first-order valence-corrected chi connectivity index (χ1v) is 4.00. The molecule has 0 fully saturated rings. The van der Waals surface area contributed by atoms with Crippen molar-refractivity contribution < 1.29 is 14.3 Å². The first-order chi connectivity index (χ1) is 5.49. The van der Waals surface area contributed by atoms with Crippen LogP contribution in [0.2, 0.25) is 0 Å². The third-order valence-electron chi connectivity index (χ3n) is 1.04. The molecule has 0 radical (unpaired) electrons. The Morgan fingerprint density at radius 3 is 2.17 bits per heavy atom. The monoisotopic (exact) mass is 235 g/mol. The lowest BCUT2D eigenvalue weighted by atomic mass is 10.3. The number of ether oxygens (including phenoxy) is 1. The van der Waals surface area contributed by atoms with Gasteiger partial charge in [-0.05, 0) is 29.8 Å². The van der Waals surface area contributed by atoms with E-state index in [4.69, 9.17) is 0 Å². The number of imide groups is 1. The summed E-state index contributed by atoms with van der Waals surface area (Å²) in [6, 6.07) is 0. The number of hydrogen-bond acceptors (Lipinski definition) is 3. The molecule has 0 aliphatic rings. The molecule has 0 aromatic rings. The summed E-state index contributed by atoms with van der Waals surface area (Å²) in [5, 5.41) is 2.01. The molecule has 0 unspecified atom stereocenters. The molecular weight excluding hydrogens is 226 g/mol. The molecule has 0 aliphatic heterocycles. The van der Waals surface area contributed by atoms with E-state index in [1.54, 1.807) is 13.8 Å². The average molecular weight is 236 g/mol. The Bertz CT molecular complexity index is 231. The van der Waals surface area contributed by atoms with Crippen LogP contribution >= 0.6 is 15.9 Å². The SMILES string of the molecule is COC(=O)NC(=O)C(Br)=C(C)C. The molecular formula is C7H10BrNO3. The summed E-state index contributed by atoms with van der Waals surface area (Å²) in [6.45, 7) is 3.50. The van der Waals surface area contributed by atoms with Gasteiger partial charge in [0.2, 0.25) is 0 Å². The molecule has 0 saturated heterocycles. The Balaban J connectivity index is 4.25. The standard InChI is InChI=1S/C7H10BrNO3/c1-4(2)5(8)6(10)9-7(11)12-3/h1-3H3,(H,9,10,11). The quantitative estimate of drug-likeness (QED) is 0.703. The molecule has 0 aliphatic carbocycles. The van der Waals surface area contributed by atoms with Crippen LogP contribution in [0.5, 0.6) is 0 Å². The van der Waals surface area contributed by atoms with Crippen LogP contribution in [-0.4, -0.2) is 19.1 Å². The Morgan fingerprint density at radius 2 is 1.83 bits per heavy atom. The van der Waals surface area contributed by atoms with Crippen LogP contribution < -0.4 is 5.32 Å². The van der Waals surface area contributed by atoms with Crippen LogP contribution in [-0.2, 0) is 9.53 Å². The summed E-state index contributed by atoms with van der Waals surface area (Å²) in [5.41, 5.74) is 0.788. The predicted molar refractivity (Wildman–Crippen MR) is 47.8 cm³/mol. The second kappa shape index (κ2) is 4.92. The van der Waals surface area contributed by atoms with Crippen molar-refractivity contribution in [3.8, 4) is 0 Å². The van der Waals surface area contributed by atoms with Gasteiger partial charge in [-0.15, -0.1) is 0 Å². The van der Waals surface area contributed by atoms with E-state index >= 15 is 0 Å². The van der Waals surface area contributed by atoms with Gasteiger partial charge in [0, 0.05) is 0 Å². The summed E-state index contributed by atoms with van der Waals surface area (Å²) < 4.78 is 4.58. The number of methoxy groups -OCH3 is 1. The minimum absolute atomic E-state index is 0.341. The molecule has 68 valence electrons. The molecule has 0 aromatic heterocycles. The number of amides is 2. The van der Waals surface area contributed by atoms with Crippen molar-refractivity contribution in [3.63, 3.8) is 0 Å². The van der Waals surface area contributed by atoms with E-state index < -0.39 is 12.0 Å². The van der Waals surface area contributed by atoms with Gasteiger partial charge in [-0.1, -0.05) is 5.57 Å². The van der Waals surface area contributed by atoms with Gasteiger partial charge in [0.25, 0.3) is 5.91 Å². The maximum atomic E-state index is 11.0. The third-order valence-corrected chi connectivity index (χ3v) is 2.19. The Kier molecular flexibility index (Phi) is 4.58. The summed E-state index contributed by atoms with van der Waals surface area (Å²) >= 11 is 3.03. The van der Waals surface area contributed by atoms with Crippen LogP contribution in [0.15, 0.2) is 10.1 Å². The maximum Gasteiger partial charge on any atom is 0.413 e. The van der Waals surface area contributed by atoms with Gasteiger partial charge >= 0.3 is 6.09 Å². The van der Waals surface area contributed by atoms with E-state index in [0.29, 0.717) is 4.48 Å². The van der Waals surface area contributed by atoms with Crippen LogP contribution in [0.1, 0.15) is 13.8 Å². The molecule has 0 bridgehead atoms. The number of nitrogens with one attached hydrogen (secondary N) is 1. The van der Waals surface area contributed by atoms with Crippen LogP contribution in [0.4, 0.5) is 4.79 Å². The van der Waals surface area contributed by atoms with E-state index in [0.717, 1.165) is 5.57 Å². The van der Waals surface area contributed by atoms with E-state index in [9.17, 15) is 9.59 Å². The Morgan fingerprint density at radius 1 is 1.33 bits per heavy atom. The largest absolute Gasteiger partial charge is 0.453 e. The summed E-state index contributed by atoms with van der Waals surface area (Å²) in [4.78, 5) is 21.6. The van der Waals surface area contributed by atoms with E-state index in [1.807, 2.05) is 5.32 Å². The second-order valence-electron chi connectivity index (χ2n) is 2.26. The van der Waals surface area contributed by atoms with Gasteiger partial charge < -0.3 is 4.74 Å². The topological polar surface area (TPSA) is 55.4 Å². The molecule has 0 aromatic carbocycles. The lowest BCUT2D eigenvalue weighted by Gasteiger charge is -2.01. The van der Waals surface area contributed by atoms with Crippen molar-refractivity contribution >= 4 is 27.9 Å². The average Bonchev–Trinajstić information content (AvgIpc) is 2.02. The van der Waals surface area contributed by atoms with Crippen LogP contribution in [0.3, 0.4) is 0 Å². The Labute approximate surface area is 79.1 Å². The number of hydrogen-bond donors (Lipinski definition) is 1. The fourth-order valence-electron chi connectivity index (χ4n) is 0.426. The van der Waals surface area contributed by atoms with Gasteiger partial charge in [-0.2, -0.15) is 0 Å². The predicted octanol–water partition coefficient (Wildman–Crippen LogP) is 1.56. The molecule has 0 atom stereocenters. The van der Waals surface area contributed by atoms with Gasteiger partial charge in [0.05, 0.1) is 11.6 Å². The zero-order valence-corrected chi connectivity index (χ0v) is 8.69. The highest BCUT2D eigenvalue weighted by molar-refractivity contribution is 9.12. The van der Waals surface area contributed by atoms with Gasteiger partial charge in [-0.25, -0.2) is 4.79 Å². The number of rotatable bonds is 1. The molecule has 5 heteroatoms. The Hall–Kier alpha value is -0.840. The van der Waals surface area contributed by atoms with Crippen molar-refractivity contribution in [3.05, 3.63) is 10.1 Å². The smallest absolute Gasteiger partial charge is 0.413 e. The number of allylic oxidation sites excluding steroid dienone is 1. The summed E-state index contributed by atoms with van der Waals surface area (Å²) in [6.07, 6.45) is -0.766. The highest BCUT2D eigenvalue weighted by Crippen LogP contribution is 2.10. The molecule has 0 spiro atoms. The van der Waals surface area contributed by atoms with Gasteiger partial charge in [-0.3, -0.25) is 10.1 Å². The molecule has 0 rings (SSSR count).